The fourth-order valence-corrected chi connectivity index (χ4v) is 4.53. The number of esters is 1. The van der Waals surface area contributed by atoms with Gasteiger partial charge in [0.15, 0.2) is 17.3 Å². The summed E-state index contributed by atoms with van der Waals surface area (Å²) in [5.41, 5.74) is 5.13. The molecule has 0 fully saturated rings. The van der Waals surface area contributed by atoms with Gasteiger partial charge in [-0.15, -0.1) is 11.3 Å². The molecule has 0 aliphatic heterocycles. The summed E-state index contributed by atoms with van der Waals surface area (Å²) >= 11 is 1.12. The van der Waals surface area contributed by atoms with Crippen molar-refractivity contribution in [2.75, 3.05) is 0 Å². The Labute approximate surface area is 211 Å². The molecule has 5 N–H and O–H groups in total. The Morgan fingerprint density at radius 2 is 1.81 bits per heavy atom. The lowest BCUT2D eigenvalue weighted by Crippen LogP contribution is -2.42. The second-order valence-corrected chi connectivity index (χ2v) is 10.1. The Balaban J connectivity index is 1.68. The van der Waals surface area contributed by atoms with Crippen LogP contribution in [0, 0.1) is 16.6 Å². The van der Waals surface area contributed by atoms with E-state index in [1.165, 1.54) is 37.3 Å². The number of nitrogens with one attached hydrogen (secondary N) is 2. The van der Waals surface area contributed by atoms with Gasteiger partial charge in [0, 0.05) is 15.9 Å². The molecule has 8 nitrogen and oxygen atoms in total. The molecule has 0 saturated heterocycles. The number of rotatable bonds is 9. The van der Waals surface area contributed by atoms with Gasteiger partial charge in [-0.2, -0.15) is 0 Å². The average Bonchev–Trinajstić information content (AvgIpc) is 3.27. The summed E-state index contributed by atoms with van der Waals surface area (Å²) in [7, 11) is 0. The molecule has 1 aromatic heterocycles. The van der Waals surface area contributed by atoms with Gasteiger partial charge < -0.3 is 20.9 Å². The second-order valence-electron chi connectivity index (χ2n) is 8.88. The molecule has 0 spiro atoms. The molecule has 36 heavy (non-hydrogen) atoms. The van der Waals surface area contributed by atoms with Crippen molar-refractivity contribution in [3.05, 3.63) is 81.3 Å². The topological polar surface area (TPSA) is 143 Å². The quantitative estimate of drug-likeness (QED) is 0.147. The second kappa shape index (κ2) is 10.7. The number of benzene rings is 2. The van der Waals surface area contributed by atoms with Crippen LogP contribution >= 0.6 is 11.3 Å². The lowest BCUT2D eigenvalue weighted by molar-refractivity contribution is -0.133. The minimum Gasteiger partial charge on any atom is -0.508 e. The van der Waals surface area contributed by atoms with Gasteiger partial charge in [-0.1, -0.05) is 26.0 Å². The van der Waals surface area contributed by atoms with E-state index in [1.54, 1.807) is 32.0 Å². The molecule has 188 valence electrons. The van der Waals surface area contributed by atoms with E-state index in [9.17, 15) is 23.9 Å². The largest absolute Gasteiger partial charge is 0.508 e. The van der Waals surface area contributed by atoms with Gasteiger partial charge >= 0.3 is 5.97 Å². The maximum absolute atomic E-state index is 14.2. The number of hydrogen-bond acceptors (Lipinski definition) is 7. The van der Waals surface area contributed by atoms with Crippen LogP contribution in [0.2, 0.25) is 0 Å². The Kier molecular flexibility index (Phi) is 7.89. The predicted molar refractivity (Wildman–Crippen MR) is 134 cm³/mol. The number of nitrogens with two attached hydrogens (primary N) is 1. The van der Waals surface area contributed by atoms with Crippen molar-refractivity contribution in [2.45, 2.75) is 33.2 Å². The van der Waals surface area contributed by atoms with Crippen LogP contribution in [0.25, 0.3) is 0 Å². The molecule has 0 bridgehead atoms. The van der Waals surface area contributed by atoms with E-state index in [0.29, 0.717) is 5.56 Å². The molecule has 0 radical (unpaired) electrons. The first-order valence-electron chi connectivity index (χ1n) is 10.9. The number of carbonyl (C=O) groups is 3. The third-order valence-electron chi connectivity index (χ3n) is 5.45. The minimum absolute atomic E-state index is 0.0514. The Bertz CT molecular complexity index is 1320. The summed E-state index contributed by atoms with van der Waals surface area (Å²) in [6.07, 6.45) is 0.276. The number of aromatic hydroxyl groups is 1. The van der Waals surface area contributed by atoms with Crippen LogP contribution in [0.1, 0.15) is 52.5 Å². The summed E-state index contributed by atoms with van der Waals surface area (Å²) in [6.45, 7) is 4.82. The highest BCUT2D eigenvalue weighted by atomic mass is 32.1. The van der Waals surface area contributed by atoms with Crippen LogP contribution in [-0.4, -0.2) is 28.6 Å². The zero-order chi connectivity index (χ0) is 26.6. The standard InChI is InChI=1S/C26H26FN3O5S/c1-14(31)22(15-4-7-17(32)8-5-15)30-25(34)26(2,3)13-18-9-11-21(36-18)24(33)35-20-10-6-16(23(28)29)12-19(20)27/h4-12,22,32H,13H2,1-3H3,(H3,28,29)(H,30,34)/t22-/m0/s1. The van der Waals surface area contributed by atoms with E-state index in [1.807, 2.05) is 0 Å². The molecule has 1 heterocycles. The predicted octanol–water partition coefficient (Wildman–Crippen LogP) is 4.11. The van der Waals surface area contributed by atoms with E-state index in [-0.39, 0.29) is 45.9 Å². The number of phenolic OH excluding ortho intramolecular Hbond substituents is 1. The first-order valence-corrected chi connectivity index (χ1v) is 11.7. The molecular weight excluding hydrogens is 485 g/mol. The zero-order valence-electron chi connectivity index (χ0n) is 19.9. The van der Waals surface area contributed by atoms with E-state index in [2.05, 4.69) is 5.32 Å². The fraction of sp³-hybridized carbons (Fsp3) is 0.231. The normalized spacial score (nSPS) is 12.0. The van der Waals surface area contributed by atoms with Gasteiger partial charge in [-0.05, 0) is 61.4 Å². The summed E-state index contributed by atoms with van der Waals surface area (Å²) in [4.78, 5) is 38.7. The molecule has 0 aliphatic carbocycles. The van der Waals surface area contributed by atoms with Gasteiger partial charge in [-0.25, -0.2) is 9.18 Å². The smallest absolute Gasteiger partial charge is 0.353 e. The number of amidine groups is 1. The number of hydrogen-bond donors (Lipinski definition) is 4. The third kappa shape index (κ3) is 6.33. The van der Waals surface area contributed by atoms with Crippen molar-refractivity contribution in [3.8, 4) is 11.5 Å². The van der Waals surface area contributed by atoms with Crippen LogP contribution in [0.4, 0.5) is 4.39 Å². The molecule has 3 aromatic rings. The molecule has 2 aromatic carbocycles. The number of carbonyl (C=O) groups excluding carboxylic acids is 3. The van der Waals surface area contributed by atoms with Crippen molar-refractivity contribution in [1.82, 2.24) is 5.32 Å². The summed E-state index contributed by atoms with van der Waals surface area (Å²) in [5, 5.41) is 19.6. The zero-order valence-corrected chi connectivity index (χ0v) is 20.7. The Morgan fingerprint density at radius 1 is 1.14 bits per heavy atom. The number of halogens is 1. The first-order chi connectivity index (χ1) is 16.9. The van der Waals surface area contributed by atoms with Gasteiger partial charge in [-0.3, -0.25) is 15.0 Å². The lowest BCUT2D eigenvalue weighted by atomic mass is 9.86. The number of ketones is 1. The molecular formula is C26H26FN3O5S. The first kappa shape index (κ1) is 26.6. The van der Waals surface area contributed by atoms with Crippen LogP contribution in [0.3, 0.4) is 0 Å². The number of Topliss-reactive ketones (excluding diaryl/α,β-unsaturated/α-hetero) is 1. The molecule has 1 atom stereocenters. The molecule has 0 saturated carbocycles. The molecule has 1 amide bonds. The van der Waals surface area contributed by atoms with Gasteiger partial charge in [0.2, 0.25) is 5.91 Å². The van der Waals surface area contributed by atoms with Crippen LogP contribution in [0.5, 0.6) is 11.5 Å². The van der Waals surface area contributed by atoms with Crippen molar-refractivity contribution >= 4 is 34.8 Å². The number of nitrogen functional groups attached to an aromatic ring is 1. The number of thiophene rings is 1. The van der Waals surface area contributed by atoms with Crippen molar-refractivity contribution in [2.24, 2.45) is 11.1 Å². The number of phenols is 1. The molecule has 10 heteroatoms. The van der Waals surface area contributed by atoms with E-state index in [0.717, 1.165) is 22.3 Å². The lowest BCUT2D eigenvalue weighted by Gasteiger charge is -2.26. The van der Waals surface area contributed by atoms with E-state index >= 15 is 0 Å². The van der Waals surface area contributed by atoms with Gasteiger partial charge in [0.25, 0.3) is 0 Å². The summed E-state index contributed by atoms with van der Waals surface area (Å²) < 4.78 is 19.3. The highest BCUT2D eigenvalue weighted by Crippen LogP contribution is 2.29. The van der Waals surface area contributed by atoms with Crippen LogP contribution in [-0.2, 0) is 16.0 Å². The van der Waals surface area contributed by atoms with Crippen molar-refractivity contribution in [3.63, 3.8) is 0 Å². The van der Waals surface area contributed by atoms with Gasteiger partial charge in [0.05, 0.1) is 0 Å². The maximum Gasteiger partial charge on any atom is 0.353 e. The van der Waals surface area contributed by atoms with Crippen LogP contribution in [0.15, 0.2) is 54.6 Å². The van der Waals surface area contributed by atoms with Gasteiger partial charge in [0.1, 0.15) is 22.5 Å². The highest BCUT2D eigenvalue weighted by molar-refractivity contribution is 7.14. The van der Waals surface area contributed by atoms with Crippen LogP contribution < -0.4 is 15.8 Å². The SMILES string of the molecule is CC(=O)[C@H](NC(=O)C(C)(C)Cc1ccc(C(=O)Oc2ccc(C(=N)N)cc2F)s1)c1ccc(O)cc1. The number of ether oxygens (including phenoxy) is 1. The Morgan fingerprint density at radius 3 is 2.39 bits per heavy atom. The van der Waals surface area contributed by atoms with Crippen molar-refractivity contribution < 1.29 is 28.6 Å². The molecule has 3 rings (SSSR count). The molecule has 0 unspecified atom stereocenters. The van der Waals surface area contributed by atoms with E-state index < -0.39 is 23.2 Å². The maximum atomic E-state index is 14.2. The monoisotopic (exact) mass is 511 g/mol. The highest BCUT2D eigenvalue weighted by Gasteiger charge is 2.32. The number of amides is 1. The molecule has 0 aliphatic rings. The Hall–Kier alpha value is -4.05. The third-order valence-corrected chi connectivity index (χ3v) is 6.51. The fourth-order valence-electron chi connectivity index (χ4n) is 3.41. The summed E-state index contributed by atoms with van der Waals surface area (Å²) in [5.74, 6) is -2.74. The minimum atomic E-state index is -0.925. The summed E-state index contributed by atoms with van der Waals surface area (Å²) in [6, 6.07) is 12.0. The van der Waals surface area contributed by atoms with E-state index in [4.69, 9.17) is 15.9 Å². The average molecular weight is 512 g/mol. The van der Waals surface area contributed by atoms with Crippen molar-refractivity contribution in [1.29, 1.82) is 5.41 Å².